The van der Waals surface area contributed by atoms with Crippen molar-refractivity contribution in [2.75, 3.05) is 19.6 Å². The Labute approximate surface area is 190 Å². The Bertz CT molecular complexity index is 1270. The van der Waals surface area contributed by atoms with Gasteiger partial charge in [-0.3, -0.25) is 0 Å². The van der Waals surface area contributed by atoms with Crippen LogP contribution in [0.1, 0.15) is 30.2 Å². The molecule has 5 rings (SSSR count). The van der Waals surface area contributed by atoms with E-state index in [9.17, 15) is 0 Å². The van der Waals surface area contributed by atoms with Crippen LogP contribution in [0, 0.1) is 24.7 Å². The number of pyridine rings is 1. The zero-order chi connectivity index (χ0) is 21.9. The van der Waals surface area contributed by atoms with Gasteiger partial charge in [-0.05, 0) is 67.6 Å². The van der Waals surface area contributed by atoms with Crippen molar-refractivity contribution in [3.8, 4) is 23.0 Å². The highest BCUT2D eigenvalue weighted by Gasteiger charge is 2.18. The minimum atomic E-state index is 0.790. The molecule has 32 heavy (non-hydrogen) atoms. The maximum absolute atomic E-state index is 4.54. The molecule has 1 fully saturated rings. The summed E-state index contributed by atoms with van der Waals surface area (Å²) in [6.07, 6.45) is 5.43. The van der Waals surface area contributed by atoms with E-state index in [0.29, 0.717) is 0 Å². The number of benzene rings is 2. The Morgan fingerprint density at radius 3 is 2.53 bits per heavy atom. The molecular weight excluding hydrogens is 390 g/mol. The van der Waals surface area contributed by atoms with Gasteiger partial charge in [0.15, 0.2) is 0 Å². The van der Waals surface area contributed by atoms with Crippen LogP contribution in [0.5, 0.6) is 0 Å². The Morgan fingerprint density at radius 1 is 0.938 bits per heavy atom. The zero-order valence-corrected chi connectivity index (χ0v) is 18.9. The molecule has 1 aliphatic heterocycles. The van der Waals surface area contributed by atoms with Gasteiger partial charge < -0.3 is 9.47 Å². The summed E-state index contributed by atoms with van der Waals surface area (Å²) < 4.78 is 2.36. The van der Waals surface area contributed by atoms with E-state index in [1.807, 2.05) is 12.3 Å². The van der Waals surface area contributed by atoms with Crippen molar-refractivity contribution in [3.05, 3.63) is 89.9 Å². The monoisotopic (exact) mass is 419 g/mol. The van der Waals surface area contributed by atoms with E-state index in [1.165, 1.54) is 41.5 Å². The summed E-state index contributed by atoms with van der Waals surface area (Å²) in [4.78, 5) is 7.12. The lowest BCUT2D eigenvalue weighted by Crippen LogP contribution is -2.24. The Morgan fingerprint density at radius 2 is 1.78 bits per heavy atom. The van der Waals surface area contributed by atoms with E-state index in [1.54, 1.807) is 0 Å². The van der Waals surface area contributed by atoms with Crippen LogP contribution in [0.25, 0.3) is 22.0 Å². The minimum Gasteiger partial charge on any atom is -0.346 e. The summed E-state index contributed by atoms with van der Waals surface area (Å²) in [5, 5.41) is 1.24. The molecular formula is C29H29N3. The second-order valence-electron chi connectivity index (χ2n) is 9.03. The molecule has 0 aliphatic carbocycles. The number of hydrogen-bond donors (Lipinski definition) is 0. The lowest BCUT2D eigenvalue weighted by Gasteiger charge is -2.16. The van der Waals surface area contributed by atoms with Crippen LogP contribution in [0.15, 0.2) is 73.1 Å². The molecule has 0 amide bonds. The first-order valence-corrected chi connectivity index (χ1v) is 11.5. The van der Waals surface area contributed by atoms with Gasteiger partial charge in [-0.2, -0.15) is 0 Å². The maximum Gasteiger partial charge on any atom is 0.113 e. The van der Waals surface area contributed by atoms with Crippen LogP contribution < -0.4 is 0 Å². The largest absolute Gasteiger partial charge is 0.346 e. The van der Waals surface area contributed by atoms with Crippen LogP contribution >= 0.6 is 0 Å². The van der Waals surface area contributed by atoms with Gasteiger partial charge in [0.2, 0.25) is 0 Å². The van der Waals surface area contributed by atoms with Crippen LogP contribution in [0.4, 0.5) is 0 Å². The third-order valence-electron chi connectivity index (χ3n) is 6.42. The highest BCUT2D eigenvalue weighted by Crippen LogP contribution is 2.20. The van der Waals surface area contributed by atoms with E-state index < -0.39 is 0 Å². The predicted octanol–water partition coefficient (Wildman–Crippen LogP) is 5.75. The second kappa shape index (κ2) is 9.02. The van der Waals surface area contributed by atoms with Gasteiger partial charge >= 0.3 is 0 Å². The normalized spacial score (nSPS) is 16.2. The quantitative estimate of drug-likeness (QED) is 0.393. The molecule has 1 saturated heterocycles. The number of aryl methyl sites for hydroxylation is 1. The molecule has 3 heterocycles. The van der Waals surface area contributed by atoms with Gasteiger partial charge in [0, 0.05) is 54.1 Å². The zero-order valence-electron chi connectivity index (χ0n) is 18.9. The molecule has 4 aromatic rings. The van der Waals surface area contributed by atoms with Crippen molar-refractivity contribution in [1.29, 1.82) is 0 Å². The predicted molar refractivity (Wildman–Crippen MR) is 133 cm³/mol. The molecule has 1 unspecified atom stereocenters. The number of rotatable bonds is 4. The molecule has 0 spiro atoms. The van der Waals surface area contributed by atoms with Crippen molar-refractivity contribution in [2.45, 2.75) is 26.8 Å². The lowest BCUT2D eigenvalue weighted by atomic mass is 10.1. The Hall–Kier alpha value is -3.35. The van der Waals surface area contributed by atoms with Gasteiger partial charge in [-0.15, -0.1) is 0 Å². The SMILES string of the molecule is Cc1ccc(-c2ccc(C#Cc3ccc4c(ccn4CCN4CCC(C)C4)c3)nc2)cc1. The van der Waals surface area contributed by atoms with E-state index in [-0.39, 0.29) is 0 Å². The van der Waals surface area contributed by atoms with E-state index in [0.717, 1.165) is 35.8 Å². The topological polar surface area (TPSA) is 21.1 Å². The van der Waals surface area contributed by atoms with Crippen molar-refractivity contribution in [2.24, 2.45) is 5.92 Å². The molecule has 3 heteroatoms. The maximum atomic E-state index is 4.54. The third kappa shape index (κ3) is 4.61. The summed E-state index contributed by atoms with van der Waals surface area (Å²) in [7, 11) is 0. The summed E-state index contributed by atoms with van der Waals surface area (Å²) >= 11 is 0. The average molecular weight is 420 g/mol. The van der Waals surface area contributed by atoms with Crippen molar-refractivity contribution in [1.82, 2.24) is 14.5 Å². The van der Waals surface area contributed by atoms with Crippen LogP contribution in [-0.4, -0.2) is 34.1 Å². The van der Waals surface area contributed by atoms with Crippen LogP contribution in [0.3, 0.4) is 0 Å². The van der Waals surface area contributed by atoms with E-state index in [2.05, 4.69) is 101 Å². The third-order valence-corrected chi connectivity index (χ3v) is 6.42. The van der Waals surface area contributed by atoms with Gasteiger partial charge in [0.05, 0.1) is 0 Å². The van der Waals surface area contributed by atoms with Gasteiger partial charge in [-0.1, -0.05) is 48.7 Å². The second-order valence-corrected chi connectivity index (χ2v) is 9.03. The average Bonchev–Trinajstić information content (AvgIpc) is 3.42. The first kappa shape index (κ1) is 20.5. The summed E-state index contributed by atoms with van der Waals surface area (Å²) in [5.41, 5.74) is 6.64. The number of likely N-dealkylation sites (tertiary alicyclic amines) is 1. The fourth-order valence-electron chi connectivity index (χ4n) is 4.47. The molecule has 2 aromatic carbocycles. The molecule has 0 bridgehead atoms. The van der Waals surface area contributed by atoms with Gasteiger partial charge in [0.25, 0.3) is 0 Å². The molecule has 1 aliphatic rings. The Kier molecular flexibility index (Phi) is 5.79. The molecule has 0 N–H and O–H groups in total. The smallest absolute Gasteiger partial charge is 0.113 e. The Balaban J connectivity index is 1.27. The molecule has 1 atom stereocenters. The van der Waals surface area contributed by atoms with Crippen LogP contribution in [0.2, 0.25) is 0 Å². The molecule has 0 saturated carbocycles. The first-order chi connectivity index (χ1) is 15.6. The number of hydrogen-bond acceptors (Lipinski definition) is 2. The lowest BCUT2D eigenvalue weighted by molar-refractivity contribution is 0.314. The minimum absolute atomic E-state index is 0.790. The van der Waals surface area contributed by atoms with Crippen molar-refractivity contribution < 1.29 is 0 Å². The summed E-state index contributed by atoms with van der Waals surface area (Å²) in [6.45, 7) is 9.08. The molecule has 2 aromatic heterocycles. The highest BCUT2D eigenvalue weighted by atomic mass is 15.2. The fraction of sp³-hybridized carbons (Fsp3) is 0.276. The summed E-state index contributed by atoms with van der Waals surface area (Å²) in [6, 6.07) is 21.3. The highest BCUT2D eigenvalue weighted by molar-refractivity contribution is 5.81. The van der Waals surface area contributed by atoms with Gasteiger partial charge in [-0.25, -0.2) is 4.98 Å². The molecule has 3 nitrogen and oxygen atoms in total. The number of fused-ring (bicyclic) bond motifs is 1. The van der Waals surface area contributed by atoms with Crippen molar-refractivity contribution in [3.63, 3.8) is 0 Å². The standard InChI is InChI=1S/C29H29N3/c1-22-3-7-25(8-4-22)27-9-11-28(30-20-27)10-5-24-6-12-29-26(19-24)14-16-32(29)18-17-31-15-13-23(2)21-31/h3-4,6-9,11-12,14,16,19-20,23H,13,15,17-18,21H2,1-2H3. The number of nitrogens with zero attached hydrogens (tertiary/aromatic N) is 3. The molecule has 160 valence electrons. The van der Waals surface area contributed by atoms with E-state index in [4.69, 9.17) is 0 Å². The van der Waals surface area contributed by atoms with Crippen molar-refractivity contribution >= 4 is 10.9 Å². The molecule has 0 radical (unpaired) electrons. The first-order valence-electron chi connectivity index (χ1n) is 11.5. The summed E-state index contributed by atoms with van der Waals surface area (Å²) in [5.74, 6) is 7.33. The fourth-order valence-corrected chi connectivity index (χ4v) is 4.47. The number of aromatic nitrogens is 2. The van der Waals surface area contributed by atoms with Crippen LogP contribution in [-0.2, 0) is 6.54 Å². The van der Waals surface area contributed by atoms with E-state index >= 15 is 0 Å². The van der Waals surface area contributed by atoms with Gasteiger partial charge in [0.1, 0.15) is 5.69 Å².